The Kier molecular flexibility index (Phi) is 3.46. The monoisotopic (exact) mass is 267 g/mol. The standard InChI is InChI=1S/C12H17N3O4/c1-7-8(2)19-9(14-7)6-13-11(18)15-12(10(16)17)4-3-5-12/h3-6H2,1-2H3,(H,16,17)(H2,13,15,18). The molecule has 7 heteroatoms. The van der Waals surface area contributed by atoms with Gasteiger partial charge < -0.3 is 20.2 Å². The summed E-state index contributed by atoms with van der Waals surface area (Å²) in [5, 5.41) is 14.1. The smallest absolute Gasteiger partial charge is 0.329 e. The van der Waals surface area contributed by atoms with Crippen molar-refractivity contribution < 1.29 is 19.1 Å². The van der Waals surface area contributed by atoms with Crippen LogP contribution in [0.4, 0.5) is 4.79 Å². The molecule has 0 aliphatic heterocycles. The fourth-order valence-electron chi connectivity index (χ4n) is 1.95. The summed E-state index contributed by atoms with van der Waals surface area (Å²) in [6.07, 6.45) is 1.74. The number of carbonyl (C=O) groups excluding carboxylic acids is 1. The number of hydrogen-bond donors (Lipinski definition) is 3. The predicted molar refractivity (Wildman–Crippen MR) is 65.6 cm³/mol. The highest BCUT2D eigenvalue weighted by Gasteiger charge is 2.45. The summed E-state index contributed by atoms with van der Waals surface area (Å²) in [6, 6.07) is -0.518. The van der Waals surface area contributed by atoms with Crippen LogP contribution in [-0.2, 0) is 11.3 Å². The Balaban J connectivity index is 1.86. The van der Waals surface area contributed by atoms with Crippen LogP contribution in [0.2, 0.25) is 0 Å². The first-order valence-electron chi connectivity index (χ1n) is 6.15. The van der Waals surface area contributed by atoms with Gasteiger partial charge in [-0.2, -0.15) is 0 Å². The Morgan fingerprint density at radius 1 is 1.42 bits per heavy atom. The van der Waals surface area contributed by atoms with Gasteiger partial charge in [0.25, 0.3) is 0 Å². The van der Waals surface area contributed by atoms with Crippen molar-refractivity contribution in [1.82, 2.24) is 15.6 Å². The Morgan fingerprint density at radius 2 is 2.11 bits per heavy atom. The van der Waals surface area contributed by atoms with Crippen LogP contribution in [0, 0.1) is 13.8 Å². The summed E-state index contributed by atoms with van der Waals surface area (Å²) < 4.78 is 5.31. The summed E-state index contributed by atoms with van der Waals surface area (Å²) >= 11 is 0. The van der Waals surface area contributed by atoms with Gasteiger partial charge in [0, 0.05) is 0 Å². The van der Waals surface area contributed by atoms with E-state index in [0.29, 0.717) is 24.5 Å². The molecular weight excluding hydrogens is 250 g/mol. The molecule has 2 amide bonds. The summed E-state index contributed by atoms with van der Waals surface area (Å²) in [5.41, 5.74) is -0.329. The lowest BCUT2D eigenvalue weighted by Crippen LogP contribution is -2.61. The van der Waals surface area contributed by atoms with Crippen molar-refractivity contribution in [2.24, 2.45) is 0 Å². The molecule has 1 fully saturated rings. The van der Waals surface area contributed by atoms with Gasteiger partial charge >= 0.3 is 12.0 Å². The highest BCUT2D eigenvalue weighted by Crippen LogP contribution is 2.31. The van der Waals surface area contributed by atoms with Gasteiger partial charge in [0.15, 0.2) is 0 Å². The second-order valence-corrected chi connectivity index (χ2v) is 4.80. The third-order valence-corrected chi connectivity index (χ3v) is 3.44. The SMILES string of the molecule is Cc1nc(CNC(=O)NC2(C(=O)O)CCC2)oc1C. The molecule has 0 unspecified atom stereocenters. The number of carboxylic acid groups (broad SMARTS) is 1. The number of rotatable bonds is 4. The number of urea groups is 1. The molecule has 0 atom stereocenters. The fraction of sp³-hybridized carbons (Fsp3) is 0.583. The molecule has 3 N–H and O–H groups in total. The Labute approximate surface area is 110 Å². The number of hydrogen-bond acceptors (Lipinski definition) is 4. The van der Waals surface area contributed by atoms with Gasteiger partial charge in [-0.05, 0) is 33.1 Å². The van der Waals surface area contributed by atoms with Crippen LogP contribution < -0.4 is 10.6 Å². The summed E-state index contributed by atoms with van der Waals surface area (Å²) in [7, 11) is 0. The lowest BCUT2D eigenvalue weighted by Gasteiger charge is -2.38. The molecule has 1 aliphatic carbocycles. The van der Waals surface area contributed by atoms with Crippen molar-refractivity contribution in [2.75, 3.05) is 0 Å². The minimum atomic E-state index is -1.10. The zero-order valence-electron chi connectivity index (χ0n) is 10.9. The minimum Gasteiger partial charge on any atom is -0.480 e. The van der Waals surface area contributed by atoms with Gasteiger partial charge in [-0.15, -0.1) is 0 Å². The third-order valence-electron chi connectivity index (χ3n) is 3.44. The third kappa shape index (κ3) is 2.69. The number of aryl methyl sites for hydroxylation is 2. The maximum absolute atomic E-state index is 11.7. The van der Waals surface area contributed by atoms with Gasteiger partial charge in [-0.25, -0.2) is 14.6 Å². The van der Waals surface area contributed by atoms with Crippen LogP contribution in [0.1, 0.15) is 36.6 Å². The van der Waals surface area contributed by atoms with Crippen molar-refractivity contribution >= 4 is 12.0 Å². The average molecular weight is 267 g/mol. The molecule has 1 saturated carbocycles. The van der Waals surface area contributed by atoms with Crippen LogP contribution >= 0.6 is 0 Å². The van der Waals surface area contributed by atoms with Crippen molar-refractivity contribution in [3.63, 3.8) is 0 Å². The first kappa shape index (κ1) is 13.4. The van der Waals surface area contributed by atoms with Crippen LogP contribution in [-0.4, -0.2) is 27.6 Å². The van der Waals surface area contributed by atoms with Gasteiger partial charge in [-0.1, -0.05) is 0 Å². The number of oxazole rings is 1. The summed E-state index contributed by atoms with van der Waals surface area (Å²) in [4.78, 5) is 26.9. The Bertz CT molecular complexity index is 486. The van der Waals surface area contributed by atoms with E-state index in [1.165, 1.54) is 0 Å². The summed E-state index contributed by atoms with van der Waals surface area (Å²) in [6.45, 7) is 3.74. The maximum atomic E-state index is 11.7. The van der Waals surface area contributed by atoms with Crippen molar-refractivity contribution in [3.05, 3.63) is 17.3 Å². The van der Waals surface area contributed by atoms with Crippen molar-refractivity contribution in [2.45, 2.75) is 45.2 Å². The molecule has 1 aromatic heterocycles. The van der Waals surface area contributed by atoms with Gasteiger partial charge in [-0.3, -0.25) is 0 Å². The lowest BCUT2D eigenvalue weighted by molar-refractivity contribution is -0.148. The molecule has 2 rings (SSSR count). The maximum Gasteiger partial charge on any atom is 0.329 e. The number of nitrogens with one attached hydrogen (secondary N) is 2. The number of aromatic nitrogens is 1. The van der Waals surface area contributed by atoms with E-state index in [4.69, 9.17) is 9.52 Å². The van der Waals surface area contributed by atoms with Gasteiger partial charge in [0.2, 0.25) is 5.89 Å². The Hall–Kier alpha value is -2.05. The van der Waals surface area contributed by atoms with Crippen molar-refractivity contribution in [1.29, 1.82) is 0 Å². The Morgan fingerprint density at radius 3 is 2.53 bits per heavy atom. The van der Waals surface area contributed by atoms with E-state index in [1.807, 2.05) is 6.92 Å². The second-order valence-electron chi connectivity index (χ2n) is 4.80. The van der Waals surface area contributed by atoms with Crippen LogP contribution in [0.15, 0.2) is 4.42 Å². The van der Waals surface area contributed by atoms with E-state index in [1.54, 1.807) is 6.92 Å². The van der Waals surface area contributed by atoms with E-state index in [2.05, 4.69) is 15.6 Å². The average Bonchev–Trinajstić information content (AvgIpc) is 2.60. The topological polar surface area (TPSA) is 104 Å². The van der Waals surface area contributed by atoms with Gasteiger partial charge in [0.1, 0.15) is 11.3 Å². The molecule has 0 spiro atoms. The molecule has 0 aromatic carbocycles. The number of carbonyl (C=O) groups is 2. The van der Waals surface area contributed by atoms with E-state index < -0.39 is 17.5 Å². The lowest BCUT2D eigenvalue weighted by atomic mass is 9.77. The molecule has 19 heavy (non-hydrogen) atoms. The quantitative estimate of drug-likeness (QED) is 0.757. The van der Waals surface area contributed by atoms with E-state index >= 15 is 0 Å². The predicted octanol–water partition coefficient (Wildman–Crippen LogP) is 1.10. The first-order valence-corrected chi connectivity index (χ1v) is 6.15. The second kappa shape index (κ2) is 4.91. The molecule has 0 saturated heterocycles. The minimum absolute atomic E-state index is 0.135. The molecule has 0 radical (unpaired) electrons. The number of aliphatic carboxylic acids is 1. The zero-order chi connectivity index (χ0) is 14.0. The molecule has 1 aliphatic rings. The normalized spacial score (nSPS) is 16.5. The molecule has 1 aromatic rings. The van der Waals surface area contributed by atoms with Crippen LogP contribution in [0.3, 0.4) is 0 Å². The van der Waals surface area contributed by atoms with Crippen LogP contribution in [0.25, 0.3) is 0 Å². The molecule has 104 valence electrons. The number of carboxylic acids is 1. The first-order chi connectivity index (χ1) is 8.93. The largest absolute Gasteiger partial charge is 0.480 e. The fourth-order valence-corrected chi connectivity index (χ4v) is 1.95. The van der Waals surface area contributed by atoms with E-state index in [0.717, 1.165) is 12.1 Å². The van der Waals surface area contributed by atoms with Gasteiger partial charge in [0.05, 0.1) is 12.2 Å². The van der Waals surface area contributed by atoms with E-state index in [-0.39, 0.29) is 6.54 Å². The highest BCUT2D eigenvalue weighted by atomic mass is 16.4. The highest BCUT2D eigenvalue weighted by molar-refractivity contribution is 5.87. The molecule has 1 heterocycles. The zero-order valence-corrected chi connectivity index (χ0v) is 10.9. The number of nitrogens with zero attached hydrogens (tertiary/aromatic N) is 1. The number of amides is 2. The molecular formula is C12H17N3O4. The van der Waals surface area contributed by atoms with Crippen molar-refractivity contribution in [3.8, 4) is 0 Å². The molecule has 7 nitrogen and oxygen atoms in total. The summed E-state index contributed by atoms with van der Waals surface area (Å²) in [5.74, 6) is 0.123. The molecule has 0 bridgehead atoms. The van der Waals surface area contributed by atoms with E-state index in [9.17, 15) is 9.59 Å². The van der Waals surface area contributed by atoms with Crippen LogP contribution in [0.5, 0.6) is 0 Å².